The normalized spacial score (nSPS) is 17.8. The molecule has 0 aliphatic heterocycles. The minimum absolute atomic E-state index is 0.0600. The van der Waals surface area contributed by atoms with E-state index in [1.807, 2.05) is 12.1 Å². The van der Waals surface area contributed by atoms with Crippen molar-refractivity contribution >= 4 is 17.7 Å². The number of carbonyl (C=O) groups excluding carboxylic acids is 1. The highest BCUT2D eigenvalue weighted by Gasteiger charge is 2.45. The van der Waals surface area contributed by atoms with Crippen molar-refractivity contribution in [1.29, 1.82) is 0 Å². The lowest BCUT2D eigenvalue weighted by atomic mass is 9.95. The van der Waals surface area contributed by atoms with Gasteiger partial charge in [-0.1, -0.05) is 18.2 Å². The van der Waals surface area contributed by atoms with Gasteiger partial charge in [0.05, 0.1) is 6.61 Å². The number of carbonyl (C=O) groups is 1. The third kappa shape index (κ3) is 3.11. The molecule has 0 spiro atoms. The van der Waals surface area contributed by atoms with Gasteiger partial charge in [0.15, 0.2) is 0 Å². The molecule has 1 aliphatic rings. The summed E-state index contributed by atoms with van der Waals surface area (Å²) in [6, 6.07) is 7.49. The molecule has 4 nitrogen and oxygen atoms in total. The molecule has 104 valence electrons. The fraction of sp³-hybridized carbons (Fsp3) is 0.500. The first kappa shape index (κ1) is 14.4. The van der Waals surface area contributed by atoms with E-state index < -0.39 is 6.04 Å². The average Bonchev–Trinajstić information content (AvgIpc) is 3.24. The van der Waals surface area contributed by atoms with Crippen molar-refractivity contribution in [2.45, 2.75) is 29.2 Å². The summed E-state index contributed by atoms with van der Waals surface area (Å²) in [5.41, 5.74) is 6.86. The topological polar surface area (TPSA) is 75.4 Å². The standard InChI is InChI=1S/C14H20N2O2S/c1-19-12-5-3-2-4-10(12)14(6-7-14)9-16-13(18)11(15)8-17/h2-5,11,17H,6-9,15H2,1H3,(H,16,18). The molecule has 1 amide bonds. The van der Waals surface area contributed by atoms with Gasteiger partial charge in [0.2, 0.25) is 5.91 Å². The van der Waals surface area contributed by atoms with E-state index in [0.717, 1.165) is 12.8 Å². The third-order valence-electron chi connectivity index (χ3n) is 3.67. The second-order valence-corrected chi connectivity index (χ2v) is 5.84. The zero-order valence-corrected chi connectivity index (χ0v) is 11.9. The average molecular weight is 280 g/mol. The molecular weight excluding hydrogens is 260 g/mol. The molecule has 0 aromatic heterocycles. The molecule has 1 aromatic carbocycles. The quantitative estimate of drug-likeness (QED) is 0.676. The highest BCUT2D eigenvalue weighted by atomic mass is 32.2. The number of thioether (sulfide) groups is 1. The fourth-order valence-electron chi connectivity index (χ4n) is 2.25. The van der Waals surface area contributed by atoms with Crippen molar-refractivity contribution in [1.82, 2.24) is 5.32 Å². The van der Waals surface area contributed by atoms with Crippen LogP contribution in [0, 0.1) is 0 Å². The predicted octanol–water partition coefficient (Wildman–Crippen LogP) is 0.876. The summed E-state index contributed by atoms with van der Waals surface area (Å²) >= 11 is 1.73. The van der Waals surface area contributed by atoms with Crippen molar-refractivity contribution in [2.75, 3.05) is 19.4 Å². The molecule has 0 bridgehead atoms. The van der Waals surface area contributed by atoms with E-state index >= 15 is 0 Å². The van der Waals surface area contributed by atoms with Crippen LogP contribution >= 0.6 is 11.8 Å². The summed E-state index contributed by atoms with van der Waals surface area (Å²) in [5.74, 6) is -0.282. The lowest BCUT2D eigenvalue weighted by Gasteiger charge is -2.20. The van der Waals surface area contributed by atoms with E-state index in [4.69, 9.17) is 10.8 Å². The van der Waals surface area contributed by atoms with Crippen LogP contribution in [0.1, 0.15) is 18.4 Å². The van der Waals surface area contributed by atoms with Crippen LogP contribution in [0.3, 0.4) is 0 Å². The van der Waals surface area contributed by atoms with Crippen LogP contribution in [0.5, 0.6) is 0 Å². The Balaban J connectivity index is 2.05. The van der Waals surface area contributed by atoms with Crippen LogP contribution in [0.15, 0.2) is 29.2 Å². The van der Waals surface area contributed by atoms with Gasteiger partial charge in [0.1, 0.15) is 6.04 Å². The van der Waals surface area contributed by atoms with Gasteiger partial charge in [-0.25, -0.2) is 0 Å². The number of hydrogen-bond donors (Lipinski definition) is 3. The summed E-state index contributed by atoms with van der Waals surface area (Å²) in [5, 5.41) is 11.7. The van der Waals surface area contributed by atoms with Crippen LogP contribution in [0.2, 0.25) is 0 Å². The Hall–Kier alpha value is -1.04. The zero-order valence-electron chi connectivity index (χ0n) is 11.1. The highest BCUT2D eigenvalue weighted by molar-refractivity contribution is 7.98. The number of aliphatic hydroxyl groups excluding tert-OH is 1. The maximum Gasteiger partial charge on any atom is 0.239 e. The summed E-state index contributed by atoms with van der Waals surface area (Å²) in [6.07, 6.45) is 4.23. The second kappa shape index (κ2) is 5.94. The van der Waals surface area contributed by atoms with Crippen LogP contribution in [0.25, 0.3) is 0 Å². The van der Waals surface area contributed by atoms with Gasteiger partial charge in [-0.3, -0.25) is 4.79 Å². The Morgan fingerprint density at radius 1 is 1.53 bits per heavy atom. The lowest BCUT2D eigenvalue weighted by Crippen LogP contribution is -2.45. The summed E-state index contributed by atoms with van der Waals surface area (Å²) in [6.45, 7) is 0.275. The molecule has 1 aliphatic carbocycles. The fourth-order valence-corrected chi connectivity index (χ4v) is 2.96. The first-order valence-electron chi connectivity index (χ1n) is 6.40. The minimum atomic E-state index is -0.827. The number of rotatable bonds is 6. The molecule has 4 N–H and O–H groups in total. The molecule has 1 fully saturated rings. The lowest BCUT2D eigenvalue weighted by molar-refractivity contribution is -0.123. The van der Waals surface area contributed by atoms with Crippen LogP contribution in [0.4, 0.5) is 0 Å². The van der Waals surface area contributed by atoms with E-state index in [2.05, 4.69) is 23.7 Å². The Labute approximate surface area is 117 Å². The molecule has 0 saturated heterocycles. The molecule has 19 heavy (non-hydrogen) atoms. The van der Waals surface area contributed by atoms with Crippen LogP contribution in [-0.4, -0.2) is 36.5 Å². The monoisotopic (exact) mass is 280 g/mol. The SMILES string of the molecule is CSc1ccccc1C1(CNC(=O)C(N)CO)CC1. The first-order valence-corrected chi connectivity index (χ1v) is 7.63. The maximum atomic E-state index is 11.6. The van der Waals surface area contributed by atoms with E-state index in [-0.39, 0.29) is 17.9 Å². The molecule has 2 rings (SSSR count). The van der Waals surface area contributed by atoms with Crippen molar-refractivity contribution in [3.05, 3.63) is 29.8 Å². The summed E-state index contributed by atoms with van der Waals surface area (Å²) in [7, 11) is 0. The largest absolute Gasteiger partial charge is 0.394 e. The number of benzene rings is 1. The minimum Gasteiger partial charge on any atom is -0.394 e. The predicted molar refractivity (Wildman–Crippen MR) is 77.2 cm³/mol. The van der Waals surface area contributed by atoms with Gasteiger partial charge in [0, 0.05) is 16.9 Å². The van der Waals surface area contributed by atoms with E-state index in [1.165, 1.54) is 10.5 Å². The van der Waals surface area contributed by atoms with Crippen LogP contribution < -0.4 is 11.1 Å². The molecule has 0 heterocycles. The summed E-state index contributed by atoms with van der Waals surface area (Å²) in [4.78, 5) is 12.9. The van der Waals surface area contributed by atoms with Crippen molar-refractivity contribution < 1.29 is 9.90 Å². The van der Waals surface area contributed by atoms with E-state index in [9.17, 15) is 4.79 Å². The number of nitrogens with one attached hydrogen (secondary N) is 1. The van der Waals surface area contributed by atoms with Crippen molar-refractivity contribution in [3.63, 3.8) is 0 Å². The van der Waals surface area contributed by atoms with Gasteiger partial charge in [-0.2, -0.15) is 0 Å². The molecule has 5 heteroatoms. The Kier molecular flexibility index (Phi) is 4.50. The van der Waals surface area contributed by atoms with Gasteiger partial charge < -0.3 is 16.2 Å². The third-order valence-corrected chi connectivity index (χ3v) is 4.46. The van der Waals surface area contributed by atoms with Crippen LogP contribution in [-0.2, 0) is 10.2 Å². The maximum absolute atomic E-state index is 11.6. The molecule has 1 saturated carbocycles. The van der Waals surface area contributed by atoms with E-state index in [0.29, 0.717) is 6.54 Å². The van der Waals surface area contributed by atoms with Gasteiger partial charge in [-0.15, -0.1) is 11.8 Å². The van der Waals surface area contributed by atoms with Crippen molar-refractivity contribution in [3.8, 4) is 0 Å². The Morgan fingerprint density at radius 2 is 2.21 bits per heavy atom. The van der Waals surface area contributed by atoms with Gasteiger partial charge in [-0.05, 0) is 30.7 Å². The molecule has 0 radical (unpaired) electrons. The van der Waals surface area contributed by atoms with Crippen molar-refractivity contribution in [2.24, 2.45) is 5.73 Å². The van der Waals surface area contributed by atoms with Gasteiger partial charge in [0.25, 0.3) is 0 Å². The van der Waals surface area contributed by atoms with E-state index in [1.54, 1.807) is 11.8 Å². The number of amides is 1. The first-order chi connectivity index (χ1) is 9.13. The summed E-state index contributed by atoms with van der Waals surface area (Å²) < 4.78 is 0. The Bertz CT molecular complexity index is 461. The number of nitrogens with two attached hydrogens (primary N) is 1. The highest BCUT2D eigenvalue weighted by Crippen LogP contribution is 2.50. The zero-order chi connectivity index (χ0) is 13.9. The molecule has 1 atom stereocenters. The molecule has 1 unspecified atom stereocenters. The number of hydrogen-bond acceptors (Lipinski definition) is 4. The van der Waals surface area contributed by atoms with Gasteiger partial charge >= 0.3 is 0 Å². The second-order valence-electron chi connectivity index (χ2n) is 4.99. The Morgan fingerprint density at radius 3 is 2.79 bits per heavy atom. The number of aliphatic hydroxyl groups is 1. The molecular formula is C14H20N2O2S. The molecule has 1 aromatic rings. The smallest absolute Gasteiger partial charge is 0.239 e.